The molecule has 2 aliphatic heterocycles. The highest BCUT2D eigenvalue weighted by atomic mass is 35.5. The van der Waals surface area contributed by atoms with Crippen molar-refractivity contribution in [2.24, 2.45) is 5.92 Å². The van der Waals surface area contributed by atoms with Crippen LogP contribution in [0.25, 0.3) is 0 Å². The smallest absolute Gasteiger partial charge is 0.262 e. The number of anilines is 1. The number of rotatable bonds is 7. The molecule has 8 nitrogen and oxygen atoms in total. The third kappa shape index (κ3) is 6.12. The standard InChI is InChI=1S/C29H29Cl2N3O5S/c30-22-12-13-23(31)27(17-22)40(37,38)33-16-6-9-21(18-33)29(36)34-19-26(39-25-11-5-4-10-24(25)34)28(35)32-15-14-20-7-2-1-3-8-20/h1-5,7-8,10-13,17,21,26H,6,9,14-16,18-19H2,(H,32,35)/t21-,26-/m0/s1. The second kappa shape index (κ2) is 12.2. The van der Waals surface area contributed by atoms with E-state index in [1.807, 2.05) is 30.3 Å². The summed E-state index contributed by atoms with van der Waals surface area (Å²) in [4.78, 5) is 28.4. The molecule has 2 atom stereocenters. The molecule has 40 heavy (non-hydrogen) atoms. The van der Waals surface area contributed by atoms with E-state index < -0.39 is 22.0 Å². The number of nitrogens with one attached hydrogen (secondary N) is 1. The molecule has 2 heterocycles. The number of hydrogen-bond donors (Lipinski definition) is 1. The number of sulfonamides is 1. The molecule has 210 valence electrons. The summed E-state index contributed by atoms with van der Waals surface area (Å²) in [5.74, 6) is -0.743. The summed E-state index contributed by atoms with van der Waals surface area (Å²) in [6.07, 6.45) is 0.787. The Kier molecular flexibility index (Phi) is 8.65. The third-order valence-electron chi connectivity index (χ3n) is 7.13. The van der Waals surface area contributed by atoms with Crippen LogP contribution < -0.4 is 15.0 Å². The lowest BCUT2D eigenvalue weighted by Gasteiger charge is -2.38. The highest BCUT2D eigenvalue weighted by Crippen LogP contribution is 2.36. The van der Waals surface area contributed by atoms with E-state index in [0.717, 1.165) is 5.56 Å². The summed E-state index contributed by atoms with van der Waals surface area (Å²) in [7, 11) is -3.97. The van der Waals surface area contributed by atoms with E-state index in [1.54, 1.807) is 29.2 Å². The van der Waals surface area contributed by atoms with Crippen LogP contribution in [0.3, 0.4) is 0 Å². The minimum Gasteiger partial charge on any atom is -0.477 e. The maximum atomic E-state index is 13.9. The topological polar surface area (TPSA) is 96.0 Å². The lowest BCUT2D eigenvalue weighted by molar-refractivity contribution is -0.129. The number of carbonyl (C=O) groups excluding carboxylic acids is 2. The lowest BCUT2D eigenvalue weighted by atomic mass is 9.97. The number of piperidine rings is 1. The second-order valence-corrected chi connectivity index (χ2v) is 12.6. The zero-order valence-corrected chi connectivity index (χ0v) is 24.0. The molecule has 0 spiro atoms. The third-order valence-corrected chi connectivity index (χ3v) is 9.71. The first kappa shape index (κ1) is 28.4. The molecule has 0 radical (unpaired) electrons. The van der Waals surface area contributed by atoms with Crippen molar-refractivity contribution >= 4 is 50.7 Å². The predicted molar refractivity (Wildman–Crippen MR) is 154 cm³/mol. The Morgan fingerprint density at radius 3 is 2.52 bits per heavy atom. The van der Waals surface area contributed by atoms with E-state index >= 15 is 0 Å². The van der Waals surface area contributed by atoms with Gasteiger partial charge in [0.1, 0.15) is 10.6 Å². The molecule has 1 fully saturated rings. The summed E-state index contributed by atoms with van der Waals surface area (Å²) in [5.41, 5.74) is 1.66. The number of ether oxygens (including phenoxy) is 1. The number of nitrogens with zero attached hydrogens (tertiary/aromatic N) is 2. The van der Waals surface area contributed by atoms with Gasteiger partial charge in [-0.3, -0.25) is 9.59 Å². The molecule has 0 saturated carbocycles. The van der Waals surface area contributed by atoms with Crippen LogP contribution in [0.5, 0.6) is 5.75 Å². The van der Waals surface area contributed by atoms with E-state index in [9.17, 15) is 18.0 Å². The van der Waals surface area contributed by atoms with Gasteiger partial charge >= 0.3 is 0 Å². The maximum absolute atomic E-state index is 13.9. The van der Waals surface area contributed by atoms with Crippen LogP contribution in [0.1, 0.15) is 18.4 Å². The minimum atomic E-state index is -3.97. The molecule has 2 aliphatic rings. The Balaban J connectivity index is 1.31. The molecular weight excluding hydrogens is 573 g/mol. The maximum Gasteiger partial charge on any atom is 0.262 e. The minimum absolute atomic E-state index is 0.00251. The van der Waals surface area contributed by atoms with Gasteiger partial charge in [-0.2, -0.15) is 4.31 Å². The first-order chi connectivity index (χ1) is 19.2. The summed E-state index contributed by atoms with van der Waals surface area (Å²) in [6.45, 7) is 0.717. The number of fused-ring (bicyclic) bond motifs is 1. The largest absolute Gasteiger partial charge is 0.477 e. The van der Waals surface area contributed by atoms with Crippen molar-refractivity contribution in [2.45, 2.75) is 30.3 Å². The fraction of sp³-hybridized carbons (Fsp3) is 0.310. The van der Waals surface area contributed by atoms with Crippen molar-refractivity contribution in [1.82, 2.24) is 9.62 Å². The Morgan fingerprint density at radius 1 is 0.975 bits per heavy atom. The zero-order chi connectivity index (χ0) is 28.3. The highest BCUT2D eigenvalue weighted by Gasteiger charge is 2.40. The number of hydrogen-bond acceptors (Lipinski definition) is 5. The number of halogens is 2. The molecule has 1 saturated heterocycles. The van der Waals surface area contributed by atoms with Crippen molar-refractivity contribution in [3.8, 4) is 5.75 Å². The fourth-order valence-electron chi connectivity index (χ4n) is 5.06. The van der Waals surface area contributed by atoms with Gasteiger partial charge in [-0.15, -0.1) is 0 Å². The Hall–Kier alpha value is -3.11. The molecule has 5 rings (SSSR count). The van der Waals surface area contributed by atoms with Gasteiger partial charge < -0.3 is 15.0 Å². The molecule has 2 amide bonds. The van der Waals surface area contributed by atoms with Crippen LogP contribution in [-0.4, -0.2) is 56.8 Å². The van der Waals surface area contributed by atoms with Gasteiger partial charge in [0.2, 0.25) is 15.9 Å². The average Bonchev–Trinajstić information content (AvgIpc) is 2.98. The van der Waals surface area contributed by atoms with E-state index in [0.29, 0.717) is 37.2 Å². The van der Waals surface area contributed by atoms with Gasteiger partial charge in [-0.05, 0) is 55.2 Å². The zero-order valence-electron chi connectivity index (χ0n) is 21.6. The van der Waals surface area contributed by atoms with Gasteiger partial charge in [0, 0.05) is 24.7 Å². The van der Waals surface area contributed by atoms with E-state index in [1.165, 1.54) is 22.5 Å². The Bertz CT molecular complexity index is 1500. The Labute approximate surface area is 243 Å². The Morgan fingerprint density at radius 2 is 1.73 bits per heavy atom. The molecule has 0 aromatic heterocycles. The summed E-state index contributed by atoms with van der Waals surface area (Å²) in [6, 6.07) is 21.2. The molecule has 0 bridgehead atoms. The number of amides is 2. The van der Waals surface area contributed by atoms with Gasteiger partial charge in [-0.1, -0.05) is 65.7 Å². The quantitative estimate of drug-likeness (QED) is 0.429. The normalized spacial score (nSPS) is 19.4. The molecule has 0 unspecified atom stereocenters. The van der Waals surface area contributed by atoms with Crippen molar-refractivity contribution < 1.29 is 22.7 Å². The molecule has 3 aromatic carbocycles. The first-order valence-corrected chi connectivity index (χ1v) is 15.3. The highest BCUT2D eigenvalue weighted by molar-refractivity contribution is 7.89. The lowest BCUT2D eigenvalue weighted by Crippen LogP contribution is -2.54. The van der Waals surface area contributed by atoms with E-state index in [4.69, 9.17) is 27.9 Å². The molecular formula is C29H29Cl2N3O5S. The van der Waals surface area contributed by atoms with Gasteiger partial charge in [0.25, 0.3) is 5.91 Å². The summed E-state index contributed by atoms with van der Waals surface area (Å²) < 4.78 is 34.1. The predicted octanol–water partition coefficient (Wildman–Crippen LogP) is 4.55. The van der Waals surface area contributed by atoms with Gasteiger partial charge in [0.15, 0.2) is 6.10 Å². The van der Waals surface area contributed by atoms with Crippen LogP contribution in [0.2, 0.25) is 10.0 Å². The van der Waals surface area contributed by atoms with E-state index in [-0.39, 0.29) is 46.4 Å². The molecule has 3 aromatic rings. The number of benzene rings is 3. The van der Waals surface area contributed by atoms with Crippen LogP contribution in [0.4, 0.5) is 5.69 Å². The van der Waals surface area contributed by atoms with E-state index in [2.05, 4.69) is 5.32 Å². The molecule has 0 aliphatic carbocycles. The van der Waals surface area contributed by atoms with Crippen molar-refractivity contribution in [3.05, 3.63) is 88.4 Å². The van der Waals surface area contributed by atoms with Crippen LogP contribution >= 0.6 is 23.2 Å². The van der Waals surface area contributed by atoms with Crippen LogP contribution in [0.15, 0.2) is 77.7 Å². The second-order valence-electron chi connectivity index (χ2n) is 9.83. The average molecular weight is 603 g/mol. The molecule has 11 heteroatoms. The van der Waals surface area contributed by atoms with Crippen molar-refractivity contribution in [3.63, 3.8) is 0 Å². The van der Waals surface area contributed by atoms with Crippen molar-refractivity contribution in [1.29, 1.82) is 0 Å². The monoisotopic (exact) mass is 601 g/mol. The van der Waals surface area contributed by atoms with Gasteiger partial charge in [0.05, 0.1) is 23.2 Å². The first-order valence-electron chi connectivity index (χ1n) is 13.1. The van der Waals surface area contributed by atoms with Crippen molar-refractivity contribution in [2.75, 3.05) is 31.1 Å². The summed E-state index contributed by atoms with van der Waals surface area (Å²) in [5, 5.41) is 3.24. The SMILES string of the molecule is O=C(NCCc1ccccc1)[C@@H]1CN(C(=O)[C@H]2CCCN(S(=O)(=O)c3cc(Cl)ccc3Cl)C2)c2ccccc2O1. The number of para-hydroxylation sites is 2. The van der Waals surface area contributed by atoms with Gasteiger partial charge in [-0.25, -0.2) is 8.42 Å². The number of carbonyl (C=O) groups is 2. The van der Waals surface area contributed by atoms with Crippen LogP contribution in [-0.2, 0) is 26.0 Å². The fourth-order valence-corrected chi connectivity index (χ4v) is 7.33. The van der Waals surface area contributed by atoms with Crippen LogP contribution in [0, 0.1) is 5.92 Å². The summed E-state index contributed by atoms with van der Waals surface area (Å²) >= 11 is 12.2. The molecule has 1 N–H and O–H groups in total.